The fourth-order valence-electron chi connectivity index (χ4n) is 2.84. The van der Waals surface area contributed by atoms with E-state index in [0.717, 1.165) is 16.7 Å². The van der Waals surface area contributed by atoms with Crippen LogP contribution < -0.4 is 9.64 Å². The molecule has 1 fully saturated rings. The number of carbonyl (C=O) groups is 2. The molecule has 2 aliphatic rings. The van der Waals surface area contributed by atoms with Crippen molar-refractivity contribution in [2.75, 3.05) is 23.7 Å². The number of para-hydroxylation sites is 2. The third kappa shape index (κ3) is 5.73. The van der Waals surface area contributed by atoms with Gasteiger partial charge in [-0.3, -0.25) is 19.0 Å². The van der Waals surface area contributed by atoms with Gasteiger partial charge in [-0.05, 0) is 36.8 Å². The molecule has 0 bridgehead atoms. The van der Waals surface area contributed by atoms with Crippen molar-refractivity contribution in [1.82, 2.24) is 4.90 Å². The molecular formula is C19H18N2O7S3. The fraction of sp³-hybridized carbons (Fsp3) is 0.211. The molecule has 12 heteroatoms. The van der Waals surface area contributed by atoms with E-state index in [1.165, 1.54) is 0 Å². The standard InChI is InChI=1S/C19H18N2O7S3/c1-12(10-15-18(24)21(11-17(22)23)19(29)30-15)6-7-16-20(8-9-31(25,26)27)13-4-2-3-5-14(13)28-16/h2-7,10H,8-9,11H2,1H3,(H,22,23)(H,25,26,27)/b12-6?,15-10+,16-7?. The molecular weight excluding hydrogens is 464 g/mol. The third-order valence-electron chi connectivity index (χ3n) is 4.22. The predicted molar refractivity (Wildman–Crippen MR) is 120 cm³/mol. The zero-order valence-corrected chi connectivity index (χ0v) is 18.7. The number of amides is 1. The van der Waals surface area contributed by atoms with E-state index in [9.17, 15) is 18.0 Å². The van der Waals surface area contributed by atoms with Gasteiger partial charge in [0.1, 0.15) is 10.9 Å². The van der Waals surface area contributed by atoms with E-state index in [-0.39, 0.29) is 10.9 Å². The molecule has 0 spiro atoms. The highest BCUT2D eigenvalue weighted by Crippen LogP contribution is 2.38. The van der Waals surface area contributed by atoms with E-state index in [2.05, 4.69) is 0 Å². The maximum atomic E-state index is 12.4. The Hall–Kier alpha value is -2.67. The summed E-state index contributed by atoms with van der Waals surface area (Å²) in [5.74, 6) is -1.20. The zero-order chi connectivity index (χ0) is 22.8. The van der Waals surface area contributed by atoms with Crippen molar-refractivity contribution in [3.05, 3.63) is 58.9 Å². The molecule has 9 nitrogen and oxygen atoms in total. The smallest absolute Gasteiger partial charge is 0.323 e. The van der Waals surface area contributed by atoms with Crippen molar-refractivity contribution in [3.8, 4) is 5.75 Å². The van der Waals surface area contributed by atoms with Crippen molar-refractivity contribution in [2.24, 2.45) is 0 Å². The van der Waals surface area contributed by atoms with Crippen molar-refractivity contribution < 1.29 is 32.4 Å². The number of rotatable bonds is 7. The lowest BCUT2D eigenvalue weighted by atomic mass is 10.2. The molecule has 2 heterocycles. The molecule has 3 rings (SSSR count). The van der Waals surface area contributed by atoms with Crippen LogP contribution in [0.4, 0.5) is 5.69 Å². The van der Waals surface area contributed by atoms with Crippen LogP contribution in [0.2, 0.25) is 0 Å². The maximum absolute atomic E-state index is 12.4. The second-order valence-corrected chi connectivity index (χ2v) is 9.83. The Kier molecular flexibility index (Phi) is 6.84. The summed E-state index contributed by atoms with van der Waals surface area (Å²) in [6.45, 7) is 1.23. The van der Waals surface area contributed by atoms with Crippen LogP contribution in [0.5, 0.6) is 5.75 Å². The topological polar surface area (TPSA) is 124 Å². The number of thioether (sulfide) groups is 1. The number of benzene rings is 1. The minimum absolute atomic E-state index is 0.0115. The molecule has 1 amide bonds. The Morgan fingerprint density at radius 2 is 2.00 bits per heavy atom. The summed E-state index contributed by atoms with van der Waals surface area (Å²) in [7, 11) is -4.16. The van der Waals surface area contributed by atoms with E-state index in [4.69, 9.17) is 26.6 Å². The second-order valence-electron chi connectivity index (χ2n) is 6.58. The van der Waals surface area contributed by atoms with Crippen LogP contribution in [0.3, 0.4) is 0 Å². The number of nitrogens with zero attached hydrogens (tertiary/aromatic N) is 2. The number of aliphatic carboxylic acids is 1. The Balaban J connectivity index is 1.81. The number of hydrogen-bond donors (Lipinski definition) is 2. The van der Waals surface area contributed by atoms with E-state index in [0.29, 0.717) is 27.8 Å². The van der Waals surface area contributed by atoms with E-state index in [1.54, 1.807) is 54.3 Å². The van der Waals surface area contributed by atoms with Crippen molar-refractivity contribution in [2.45, 2.75) is 6.92 Å². The van der Waals surface area contributed by atoms with Gasteiger partial charge in [-0.15, -0.1) is 0 Å². The van der Waals surface area contributed by atoms with Crippen LogP contribution in [-0.2, 0) is 19.7 Å². The van der Waals surface area contributed by atoms with Crippen LogP contribution in [0.1, 0.15) is 6.92 Å². The average molecular weight is 483 g/mol. The molecule has 31 heavy (non-hydrogen) atoms. The molecule has 2 N–H and O–H groups in total. The number of carboxylic acid groups (broad SMARTS) is 1. The van der Waals surface area contributed by atoms with Crippen LogP contribution >= 0.6 is 24.0 Å². The van der Waals surface area contributed by atoms with Crippen LogP contribution in [-0.4, -0.2) is 58.0 Å². The summed E-state index contributed by atoms with van der Waals surface area (Å²) >= 11 is 6.09. The molecule has 0 radical (unpaired) electrons. The summed E-state index contributed by atoms with van der Waals surface area (Å²) in [5.41, 5.74) is 1.33. The predicted octanol–water partition coefficient (Wildman–Crippen LogP) is 2.39. The molecule has 2 aliphatic heterocycles. The quantitative estimate of drug-likeness (QED) is 0.340. The Morgan fingerprint density at radius 1 is 1.29 bits per heavy atom. The lowest BCUT2D eigenvalue weighted by Gasteiger charge is -2.17. The minimum atomic E-state index is -4.16. The largest absolute Gasteiger partial charge is 0.480 e. The van der Waals surface area contributed by atoms with Gasteiger partial charge in [0.15, 0.2) is 5.75 Å². The van der Waals surface area contributed by atoms with E-state index < -0.39 is 34.3 Å². The Labute approximate surface area is 188 Å². The van der Waals surface area contributed by atoms with Gasteiger partial charge in [0.2, 0.25) is 5.88 Å². The van der Waals surface area contributed by atoms with Crippen molar-refractivity contribution >= 4 is 56.0 Å². The minimum Gasteiger partial charge on any atom is -0.480 e. The van der Waals surface area contributed by atoms with Gasteiger partial charge in [-0.1, -0.05) is 42.2 Å². The first kappa shape index (κ1) is 23.0. The van der Waals surface area contributed by atoms with E-state index in [1.807, 2.05) is 0 Å². The number of hydrogen-bond acceptors (Lipinski definition) is 8. The van der Waals surface area contributed by atoms with Crippen molar-refractivity contribution in [1.29, 1.82) is 0 Å². The molecule has 0 aromatic heterocycles. The van der Waals surface area contributed by atoms with Gasteiger partial charge in [-0.25, -0.2) is 0 Å². The van der Waals surface area contributed by atoms with Crippen LogP contribution in [0, 0.1) is 0 Å². The summed E-state index contributed by atoms with van der Waals surface area (Å²) in [6, 6.07) is 7.07. The third-order valence-corrected chi connectivity index (χ3v) is 6.30. The number of anilines is 1. The SMILES string of the molecule is CC(=CC=C1Oc2ccccc2N1CCS(=O)(=O)O)/C=C1/SC(=S)N(CC(=O)O)C1=O. The second kappa shape index (κ2) is 9.22. The molecule has 1 aromatic rings. The Bertz CT molecular complexity index is 1140. The first-order chi connectivity index (χ1) is 14.5. The Morgan fingerprint density at radius 3 is 2.68 bits per heavy atom. The van der Waals surface area contributed by atoms with Gasteiger partial charge in [0, 0.05) is 6.54 Å². The highest BCUT2D eigenvalue weighted by atomic mass is 32.2. The first-order valence-electron chi connectivity index (χ1n) is 8.90. The molecule has 0 saturated carbocycles. The molecule has 164 valence electrons. The zero-order valence-electron chi connectivity index (χ0n) is 16.2. The molecule has 1 saturated heterocycles. The molecule has 1 aromatic carbocycles. The van der Waals surface area contributed by atoms with Crippen molar-refractivity contribution in [3.63, 3.8) is 0 Å². The number of carboxylic acids is 1. The lowest BCUT2D eigenvalue weighted by molar-refractivity contribution is -0.140. The fourth-order valence-corrected chi connectivity index (χ4v) is 4.56. The molecule has 0 unspecified atom stereocenters. The molecule has 0 aliphatic carbocycles. The lowest BCUT2D eigenvalue weighted by Crippen LogP contribution is -2.33. The summed E-state index contributed by atoms with van der Waals surface area (Å²) in [5, 5.41) is 8.90. The van der Waals surface area contributed by atoms with Crippen LogP contribution in [0.15, 0.2) is 58.9 Å². The monoisotopic (exact) mass is 482 g/mol. The van der Waals surface area contributed by atoms with Gasteiger partial charge in [0.05, 0.1) is 16.3 Å². The first-order valence-corrected chi connectivity index (χ1v) is 11.7. The highest BCUT2D eigenvalue weighted by molar-refractivity contribution is 8.26. The number of ether oxygens (including phenoxy) is 1. The number of thiocarbonyl (C=S) groups is 1. The van der Waals surface area contributed by atoms with Gasteiger partial charge >= 0.3 is 5.97 Å². The summed E-state index contributed by atoms with van der Waals surface area (Å²) < 4.78 is 37.4. The van der Waals surface area contributed by atoms with E-state index >= 15 is 0 Å². The van der Waals surface area contributed by atoms with Crippen LogP contribution in [0.25, 0.3) is 0 Å². The highest BCUT2D eigenvalue weighted by Gasteiger charge is 2.33. The van der Waals surface area contributed by atoms with Gasteiger partial charge in [0.25, 0.3) is 16.0 Å². The number of allylic oxidation sites excluding steroid dienone is 4. The summed E-state index contributed by atoms with van der Waals surface area (Å²) in [6.07, 6.45) is 4.88. The average Bonchev–Trinajstić information content (AvgIpc) is 3.16. The maximum Gasteiger partial charge on any atom is 0.323 e. The normalized spacial score (nSPS) is 19.4. The molecule has 0 atom stereocenters. The number of fused-ring (bicyclic) bond motifs is 1. The van der Waals surface area contributed by atoms with Gasteiger partial charge < -0.3 is 14.7 Å². The summed E-state index contributed by atoms with van der Waals surface area (Å²) in [4.78, 5) is 26.2. The number of carbonyl (C=O) groups excluding carboxylic acids is 1. The van der Waals surface area contributed by atoms with Gasteiger partial charge in [-0.2, -0.15) is 8.42 Å².